The van der Waals surface area contributed by atoms with Gasteiger partial charge in [-0.15, -0.1) is 0 Å². The molecule has 0 bridgehead atoms. The van der Waals surface area contributed by atoms with Crippen molar-refractivity contribution in [3.05, 3.63) is 34.6 Å². The zero-order valence-corrected chi connectivity index (χ0v) is 15.4. The number of hydrogen-bond acceptors (Lipinski definition) is 4. The van der Waals surface area contributed by atoms with Crippen LogP contribution in [0.25, 0.3) is 10.9 Å². The fraction of sp³-hybridized carbons (Fsp3) is 0.500. The third-order valence-electron chi connectivity index (χ3n) is 3.87. The molecule has 0 aliphatic carbocycles. The minimum absolute atomic E-state index is 0.0128. The van der Waals surface area contributed by atoms with E-state index < -0.39 is 0 Å². The Hall–Kier alpha value is -1.82. The van der Waals surface area contributed by atoms with Crippen LogP contribution < -0.4 is 10.9 Å². The van der Waals surface area contributed by atoms with Gasteiger partial charge in [0, 0.05) is 13.1 Å². The second-order valence-corrected chi connectivity index (χ2v) is 7.03. The number of carbonyl (C=O) groups excluding carboxylic acids is 1. The van der Waals surface area contributed by atoms with E-state index in [-0.39, 0.29) is 16.7 Å². The van der Waals surface area contributed by atoms with Crippen LogP contribution in [0.3, 0.4) is 0 Å². The van der Waals surface area contributed by atoms with Crippen molar-refractivity contribution in [2.24, 2.45) is 0 Å². The summed E-state index contributed by atoms with van der Waals surface area (Å²) in [6, 6.07) is 7.32. The van der Waals surface area contributed by atoms with Crippen molar-refractivity contribution in [2.45, 2.75) is 57.0 Å². The maximum atomic E-state index is 12.6. The van der Waals surface area contributed by atoms with Crippen LogP contribution in [-0.4, -0.2) is 27.3 Å². The van der Waals surface area contributed by atoms with E-state index in [9.17, 15) is 9.59 Å². The molecule has 1 unspecified atom stereocenters. The Morgan fingerprint density at radius 3 is 2.75 bits per heavy atom. The smallest absolute Gasteiger partial charge is 0.262 e. The Morgan fingerprint density at radius 1 is 1.29 bits per heavy atom. The van der Waals surface area contributed by atoms with E-state index in [4.69, 9.17) is 0 Å². The molecule has 1 aromatic heterocycles. The van der Waals surface area contributed by atoms with Crippen molar-refractivity contribution in [3.63, 3.8) is 0 Å². The summed E-state index contributed by atoms with van der Waals surface area (Å²) in [5, 5.41) is 3.86. The quantitative estimate of drug-likeness (QED) is 0.452. The van der Waals surface area contributed by atoms with Gasteiger partial charge in [0.05, 0.1) is 16.2 Å². The van der Waals surface area contributed by atoms with Gasteiger partial charge in [-0.3, -0.25) is 14.2 Å². The van der Waals surface area contributed by atoms with Crippen LogP contribution in [0.15, 0.2) is 34.2 Å². The second kappa shape index (κ2) is 8.87. The van der Waals surface area contributed by atoms with E-state index in [1.165, 1.54) is 11.8 Å². The molecule has 1 heterocycles. The number of fused-ring (bicyclic) bond motifs is 1. The lowest BCUT2D eigenvalue weighted by Crippen LogP contribution is -2.32. The summed E-state index contributed by atoms with van der Waals surface area (Å²) in [6.45, 7) is 7.13. The first-order valence-electron chi connectivity index (χ1n) is 8.52. The molecular weight excluding hydrogens is 322 g/mol. The largest absolute Gasteiger partial charge is 0.355 e. The standard InChI is InChI=1S/C18H25N3O2S/c1-4-6-9-12-19-16(22)13(3)24-18-20-15-11-8-7-10-14(15)17(23)21(18)5-2/h7-8,10-11,13H,4-6,9,12H2,1-3H3,(H,19,22). The molecule has 1 N–H and O–H groups in total. The molecule has 0 fully saturated rings. The predicted octanol–water partition coefficient (Wildman–Crippen LogP) is 3.20. The summed E-state index contributed by atoms with van der Waals surface area (Å²) in [5.41, 5.74) is 0.617. The van der Waals surface area contributed by atoms with Gasteiger partial charge in [0.15, 0.2) is 5.16 Å². The van der Waals surface area contributed by atoms with Crippen LogP contribution in [0.2, 0.25) is 0 Å². The molecule has 2 rings (SSSR count). The van der Waals surface area contributed by atoms with Crippen LogP contribution in [0.1, 0.15) is 40.0 Å². The van der Waals surface area contributed by atoms with Gasteiger partial charge in [0.1, 0.15) is 0 Å². The van der Waals surface area contributed by atoms with Crippen molar-refractivity contribution in [2.75, 3.05) is 6.54 Å². The van der Waals surface area contributed by atoms with Crippen LogP contribution in [0.5, 0.6) is 0 Å². The lowest BCUT2D eigenvalue weighted by molar-refractivity contribution is -0.120. The number of nitrogens with zero attached hydrogens (tertiary/aromatic N) is 2. The summed E-state index contributed by atoms with van der Waals surface area (Å²) in [5.74, 6) is -0.0128. The topological polar surface area (TPSA) is 64.0 Å². The number of amides is 1. The molecular formula is C18H25N3O2S. The number of hydrogen-bond donors (Lipinski definition) is 1. The molecule has 5 nitrogen and oxygen atoms in total. The van der Waals surface area contributed by atoms with Gasteiger partial charge < -0.3 is 5.32 Å². The SMILES string of the molecule is CCCCCNC(=O)C(C)Sc1nc2ccccc2c(=O)n1CC. The second-order valence-electron chi connectivity index (χ2n) is 5.72. The molecule has 0 aliphatic rings. The van der Waals surface area contributed by atoms with Gasteiger partial charge in [-0.2, -0.15) is 0 Å². The molecule has 0 radical (unpaired) electrons. The maximum absolute atomic E-state index is 12.6. The van der Waals surface area contributed by atoms with E-state index in [0.717, 1.165) is 19.3 Å². The molecule has 6 heteroatoms. The molecule has 130 valence electrons. The van der Waals surface area contributed by atoms with Gasteiger partial charge >= 0.3 is 0 Å². The fourth-order valence-corrected chi connectivity index (χ4v) is 3.46. The highest BCUT2D eigenvalue weighted by molar-refractivity contribution is 8.00. The first kappa shape index (κ1) is 18.5. The summed E-state index contributed by atoms with van der Waals surface area (Å²) < 4.78 is 1.63. The summed E-state index contributed by atoms with van der Waals surface area (Å²) >= 11 is 1.34. The first-order valence-corrected chi connectivity index (χ1v) is 9.40. The Balaban J connectivity index is 2.16. The predicted molar refractivity (Wildman–Crippen MR) is 99.5 cm³/mol. The molecule has 24 heavy (non-hydrogen) atoms. The molecule has 1 aromatic carbocycles. The molecule has 0 spiro atoms. The number of unbranched alkanes of at least 4 members (excludes halogenated alkanes) is 2. The molecule has 0 saturated heterocycles. The normalized spacial score (nSPS) is 12.3. The van der Waals surface area contributed by atoms with Crippen LogP contribution in [0, 0.1) is 0 Å². The first-order chi connectivity index (χ1) is 11.6. The van der Waals surface area contributed by atoms with Crippen molar-refractivity contribution in [3.8, 4) is 0 Å². The zero-order valence-electron chi connectivity index (χ0n) is 14.5. The minimum Gasteiger partial charge on any atom is -0.355 e. The number of carbonyl (C=O) groups is 1. The lowest BCUT2D eigenvalue weighted by atomic mass is 10.2. The van der Waals surface area contributed by atoms with Crippen molar-refractivity contribution in [1.29, 1.82) is 0 Å². The Bertz CT molecular complexity index is 758. The number of para-hydroxylation sites is 1. The molecule has 0 aliphatic heterocycles. The van der Waals surface area contributed by atoms with Gasteiger partial charge in [0.2, 0.25) is 5.91 Å². The number of nitrogens with one attached hydrogen (secondary N) is 1. The zero-order chi connectivity index (χ0) is 17.5. The van der Waals surface area contributed by atoms with E-state index >= 15 is 0 Å². The molecule has 2 aromatic rings. The number of aromatic nitrogens is 2. The fourth-order valence-electron chi connectivity index (χ4n) is 2.46. The van der Waals surface area contributed by atoms with Gasteiger partial charge in [-0.05, 0) is 32.4 Å². The highest BCUT2D eigenvalue weighted by Gasteiger charge is 2.18. The average Bonchev–Trinajstić information content (AvgIpc) is 2.59. The molecule has 1 atom stereocenters. The number of thioether (sulfide) groups is 1. The summed E-state index contributed by atoms with van der Waals surface area (Å²) in [4.78, 5) is 29.4. The van der Waals surface area contributed by atoms with E-state index in [2.05, 4.69) is 17.2 Å². The summed E-state index contributed by atoms with van der Waals surface area (Å²) in [6.07, 6.45) is 3.24. The maximum Gasteiger partial charge on any atom is 0.262 e. The average molecular weight is 347 g/mol. The summed E-state index contributed by atoms with van der Waals surface area (Å²) in [7, 11) is 0. The van der Waals surface area contributed by atoms with Gasteiger partial charge in [0.25, 0.3) is 5.56 Å². The lowest BCUT2D eigenvalue weighted by Gasteiger charge is -2.15. The molecule has 0 saturated carbocycles. The van der Waals surface area contributed by atoms with E-state index in [1.54, 1.807) is 10.6 Å². The van der Waals surface area contributed by atoms with Crippen molar-refractivity contribution < 1.29 is 4.79 Å². The highest BCUT2D eigenvalue weighted by atomic mass is 32.2. The van der Waals surface area contributed by atoms with Crippen LogP contribution >= 0.6 is 11.8 Å². The van der Waals surface area contributed by atoms with E-state index in [1.807, 2.05) is 32.0 Å². The Morgan fingerprint density at radius 2 is 2.04 bits per heavy atom. The van der Waals surface area contributed by atoms with Crippen LogP contribution in [-0.2, 0) is 11.3 Å². The number of benzene rings is 1. The number of rotatable bonds is 8. The Labute approximate surface area is 146 Å². The minimum atomic E-state index is -0.294. The third kappa shape index (κ3) is 4.38. The monoisotopic (exact) mass is 347 g/mol. The van der Waals surface area contributed by atoms with E-state index in [0.29, 0.717) is 29.1 Å². The van der Waals surface area contributed by atoms with Crippen molar-refractivity contribution >= 4 is 28.6 Å². The van der Waals surface area contributed by atoms with Gasteiger partial charge in [-0.25, -0.2) is 4.98 Å². The third-order valence-corrected chi connectivity index (χ3v) is 4.96. The molecule has 1 amide bonds. The van der Waals surface area contributed by atoms with Crippen LogP contribution in [0.4, 0.5) is 0 Å². The van der Waals surface area contributed by atoms with Crippen molar-refractivity contribution in [1.82, 2.24) is 14.9 Å². The van der Waals surface area contributed by atoms with Gasteiger partial charge in [-0.1, -0.05) is 43.7 Å². The Kier molecular flexibility index (Phi) is 6.85. The highest BCUT2D eigenvalue weighted by Crippen LogP contribution is 2.22.